The zero-order valence-electron chi connectivity index (χ0n) is 13.8. The molecule has 1 aromatic rings. The quantitative estimate of drug-likeness (QED) is 0.806. The monoisotopic (exact) mass is 313 g/mol. The SMILES string of the molecule is CC(=O)[C@@H]1[C@H]2[C@H](C)ON(Cc3ccccc3)C(=O)[C@@H]2C=C[C@@H]1C. The van der Waals surface area contributed by atoms with Crippen molar-refractivity contribution in [3.8, 4) is 0 Å². The van der Waals surface area contributed by atoms with E-state index in [-0.39, 0.29) is 41.5 Å². The lowest BCUT2D eigenvalue weighted by molar-refractivity contribution is -0.248. The molecule has 2 aliphatic rings. The van der Waals surface area contributed by atoms with Crippen molar-refractivity contribution in [3.05, 3.63) is 48.0 Å². The first-order valence-electron chi connectivity index (χ1n) is 8.20. The lowest BCUT2D eigenvalue weighted by Crippen LogP contribution is -2.54. The van der Waals surface area contributed by atoms with Crippen LogP contribution in [0.5, 0.6) is 0 Å². The van der Waals surface area contributed by atoms with Crippen molar-refractivity contribution >= 4 is 11.7 Å². The van der Waals surface area contributed by atoms with Gasteiger partial charge in [-0.15, -0.1) is 0 Å². The summed E-state index contributed by atoms with van der Waals surface area (Å²) >= 11 is 0. The summed E-state index contributed by atoms with van der Waals surface area (Å²) in [7, 11) is 0. The van der Waals surface area contributed by atoms with Gasteiger partial charge in [-0.1, -0.05) is 49.4 Å². The molecular formula is C19H23NO3. The fourth-order valence-corrected chi connectivity index (χ4v) is 3.94. The van der Waals surface area contributed by atoms with Crippen LogP contribution in [0.3, 0.4) is 0 Å². The van der Waals surface area contributed by atoms with Crippen molar-refractivity contribution in [1.82, 2.24) is 5.06 Å². The number of ketones is 1. The number of carbonyl (C=O) groups excluding carboxylic acids is 2. The first-order valence-corrected chi connectivity index (χ1v) is 8.20. The van der Waals surface area contributed by atoms with Gasteiger partial charge in [0.1, 0.15) is 5.78 Å². The molecule has 0 unspecified atom stereocenters. The van der Waals surface area contributed by atoms with Crippen molar-refractivity contribution < 1.29 is 14.4 Å². The molecule has 1 aromatic carbocycles. The molecule has 1 aliphatic heterocycles. The van der Waals surface area contributed by atoms with Gasteiger partial charge in [0.05, 0.1) is 18.6 Å². The van der Waals surface area contributed by atoms with Crippen LogP contribution < -0.4 is 0 Å². The summed E-state index contributed by atoms with van der Waals surface area (Å²) in [5, 5.41) is 1.46. The van der Waals surface area contributed by atoms with Crippen LogP contribution in [0, 0.1) is 23.7 Å². The Morgan fingerprint density at radius 2 is 1.87 bits per heavy atom. The number of nitrogens with zero attached hydrogens (tertiary/aromatic N) is 1. The zero-order chi connectivity index (χ0) is 16.6. The summed E-state index contributed by atoms with van der Waals surface area (Å²) in [4.78, 5) is 30.8. The van der Waals surface area contributed by atoms with Crippen molar-refractivity contribution in [2.24, 2.45) is 23.7 Å². The standard InChI is InChI=1S/C19H23NO3/c1-12-9-10-16-18(17(12)13(2)21)14(3)23-20(19(16)22)11-15-7-5-4-6-8-15/h4-10,12,14,16-18H,11H2,1-3H3/t12-,14-,16+,17+,18-/m0/s1. The van der Waals surface area contributed by atoms with E-state index < -0.39 is 0 Å². The van der Waals surface area contributed by atoms with Gasteiger partial charge in [0.15, 0.2) is 0 Å². The lowest BCUT2D eigenvalue weighted by atomic mass is 9.66. The highest BCUT2D eigenvalue weighted by atomic mass is 16.7. The maximum atomic E-state index is 12.8. The summed E-state index contributed by atoms with van der Waals surface area (Å²) < 4.78 is 0. The van der Waals surface area contributed by atoms with Crippen molar-refractivity contribution in [1.29, 1.82) is 0 Å². The number of hydrogen-bond donors (Lipinski definition) is 0. The van der Waals surface area contributed by atoms with E-state index >= 15 is 0 Å². The molecule has 1 amide bonds. The van der Waals surface area contributed by atoms with Gasteiger partial charge >= 0.3 is 0 Å². The number of allylic oxidation sites excluding steroid dienone is 1. The molecule has 0 radical (unpaired) electrons. The first kappa shape index (κ1) is 15.9. The van der Waals surface area contributed by atoms with E-state index in [1.54, 1.807) is 6.92 Å². The smallest absolute Gasteiger partial charge is 0.253 e. The minimum atomic E-state index is -0.271. The van der Waals surface area contributed by atoms with E-state index in [1.165, 1.54) is 5.06 Å². The Hall–Kier alpha value is -1.94. The molecule has 122 valence electrons. The van der Waals surface area contributed by atoms with E-state index in [0.717, 1.165) is 5.56 Å². The summed E-state index contributed by atoms with van der Waals surface area (Å²) in [6.45, 7) is 6.04. The first-order chi connectivity index (χ1) is 11.0. The Kier molecular flexibility index (Phi) is 4.35. The van der Waals surface area contributed by atoms with Gasteiger partial charge in [-0.05, 0) is 25.3 Å². The van der Waals surface area contributed by atoms with Crippen molar-refractivity contribution in [2.75, 3.05) is 0 Å². The Morgan fingerprint density at radius 1 is 1.17 bits per heavy atom. The molecule has 0 aromatic heterocycles. The van der Waals surface area contributed by atoms with Gasteiger partial charge in [-0.2, -0.15) is 0 Å². The highest BCUT2D eigenvalue weighted by molar-refractivity contribution is 5.85. The molecule has 4 heteroatoms. The highest BCUT2D eigenvalue weighted by Gasteiger charge is 2.49. The average Bonchev–Trinajstić information content (AvgIpc) is 2.52. The average molecular weight is 313 g/mol. The predicted octanol–water partition coefficient (Wildman–Crippen LogP) is 2.99. The molecule has 5 atom stereocenters. The molecule has 0 bridgehead atoms. The van der Waals surface area contributed by atoms with E-state index in [0.29, 0.717) is 6.54 Å². The normalized spacial score (nSPS) is 33.4. The number of hydrogen-bond acceptors (Lipinski definition) is 3. The number of carbonyl (C=O) groups is 2. The molecule has 1 aliphatic carbocycles. The Morgan fingerprint density at radius 3 is 2.52 bits per heavy atom. The van der Waals surface area contributed by atoms with Gasteiger partial charge in [-0.3, -0.25) is 14.4 Å². The maximum absolute atomic E-state index is 12.8. The van der Waals surface area contributed by atoms with Crippen LogP contribution in [0.4, 0.5) is 0 Å². The molecule has 0 spiro atoms. The van der Waals surface area contributed by atoms with Gasteiger partial charge in [-0.25, -0.2) is 5.06 Å². The van der Waals surface area contributed by atoms with Crippen LogP contribution in [0.15, 0.2) is 42.5 Å². The number of benzene rings is 1. The second-order valence-corrected chi connectivity index (χ2v) is 6.65. The number of amides is 1. The Bertz CT molecular complexity index is 625. The number of hydroxylamine groups is 2. The zero-order valence-corrected chi connectivity index (χ0v) is 13.8. The number of fused-ring (bicyclic) bond motifs is 1. The van der Waals surface area contributed by atoms with Crippen LogP contribution in [-0.4, -0.2) is 22.9 Å². The van der Waals surface area contributed by atoms with Gasteiger partial charge < -0.3 is 0 Å². The van der Waals surface area contributed by atoms with Crippen LogP contribution >= 0.6 is 0 Å². The molecule has 4 nitrogen and oxygen atoms in total. The lowest BCUT2D eigenvalue weighted by Gasteiger charge is -2.46. The highest BCUT2D eigenvalue weighted by Crippen LogP contribution is 2.42. The molecule has 3 rings (SSSR count). The van der Waals surface area contributed by atoms with Gasteiger partial charge in [0.2, 0.25) is 0 Å². The van der Waals surface area contributed by atoms with Crippen molar-refractivity contribution in [2.45, 2.75) is 33.4 Å². The molecule has 0 saturated carbocycles. The third-order valence-corrected chi connectivity index (χ3v) is 5.02. The van der Waals surface area contributed by atoms with Gasteiger partial charge in [0.25, 0.3) is 5.91 Å². The summed E-state index contributed by atoms with van der Waals surface area (Å²) in [5.41, 5.74) is 1.03. The maximum Gasteiger partial charge on any atom is 0.253 e. The number of rotatable bonds is 3. The Balaban J connectivity index is 1.85. The summed E-state index contributed by atoms with van der Waals surface area (Å²) in [6, 6.07) is 9.80. The van der Waals surface area contributed by atoms with Gasteiger partial charge in [0, 0.05) is 11.8 Å². The predicted molar refractivity (Wildman–Crippen MR) is 87.0 cm³/mol. The third-order valence-electron chi connectivity index (χ3n) is 5.02. The third kappa shape index (κ3) is 2.95. The van der Waals surface area contributed by atoms with E-state index in [2.05, 4.69) is 0 Å². The molecule has 1 heterocycles. The van der Waals surface area contributed by atoms with Crippen LogP contribution in [0.25, 0.3) is 0 Å². The summed E-state index contributed by atoms with van der Waals surface area (Å²) in [5.74, 6) is -0.265. The number of Topliss-reactive ketones (excluding diaryl/α,β-unsaturated/α-hetero) is 1. The van der Waals surface area contributed by atoms with E-state index in [9.17, 15) is 9.59 Å². The minimum absolute atomic E-state index is 0.0497. The van der Waals surface area contributed by atoms with Crippen LogP contribution in [0.1, 0.15) is 26.3 Å². The second kappa shape index (κ2) is 6.28. The fraction of sp³-hybridized carbons (Fsp3) is 0.474. The fourth-order valence-electron chi connectivity index (χ4n) is 3.94. The molecule has 1 saturated heterocycles. The molecule has 0 N–H and O–H groups in total. The van der Waals surface area contributed by atoms with E-state index in [4.69, 9.17) is 4.84 Å². The molecular weight excluding hydrogens is 290 g/mol. The minimum Gasteiger partial charge on any atom is -0.300 e. The largest absolute Gasteiger partial charge is 0.300 e. The summed E-state index contributed by atoms with van der Waals surface area (Å²) in [6.07, 6.45) is 3.81. The van der Waals surface area contributed by atoms with Crippen LogP contribution in [0.2, 0.25) is 0 Å². The molecule has 23 heavy (non-hydrogen) atoms. The second-order valence-electron chi connectivity index (χ2n) is 6.65. The van der Waals surface area contributed by atoms with Crippen molar-refractivity contribution in [3.63, 3.8) is 0 Å². The molecule has 1 fully saturated rings. The van der Waals surface area contributed by atoms with Crippen LogP contribution in [-0.2, 0) is 21.0 Å². The Labute approximate surface area is 137 Å². The topological polar surface area (TPSA) is 46.6 Å². The van der Waals surface area contributed by atoms with E-state index in [1.807, 2.05) is 56.3 Å².